The van der Waals surface area contributed by atoms with Gasteiger partial charge in [0.2, 0.25) is 5.91 Å². The van der Waals surface area contributed by atoms with Crippen LogP contribution in [-0.2, 0) is 24.3 Å². The normalized spacial score (nSPS) is 17.4. The highest BCUT2D eigenvalue weighted by Crippen LogP contribution is 2.38. The van der Waals surface area contributed by atoms with Gasteiger partial charge in [-0.2, -0.15) is 18.3 Å². The first-order valence-electron chi connectivity index (χ1n) is 14.4. The lowest BCUT2D eigenvalue weighted by atomic mass is 10.0. The molecule has 4 heterocycles. The average molecular weight is 615 g/mol. The van der Waals surface area contributed by atoms with E-state index in [2.05, 4.69) is 9.88 Å². The monoisotopic (exact) mass is 614 g/mol. The van der Waals surface area contributed by atoms with Crippen molar-refractivity contribution in [1.82, 2.24) is 29.1 Å². The van der Waals surface area contributed by atoms with E-state index in [4.69, 9.17) is 5.10 Å². The van der Waals surface area contributed by atoms with Crippen LogP contribution >= 0.6 is 11.8 Å². The van der Waals surface area contributed by atoms with E-state index in [9.17, 15) is 27.9 Å². The Kier molecular flexibility index (Phi) is 8.14. The Bertz CT molecular complexity index is 1670. The maximum atomic E-state index is 12.8. The quantitative estimate of drug-likeness (QED) is 0.300. The third-order valence-electron chi connectivity index (χ3n) is 8.34. The first-order chi connectivity index (χ1) is 20.6. The van der Waals surface area contributed by atoms with E-state index < -0.39 is 11.6 Å². The zero-order valence-corrected chi connectivity index (χ0v) is 24.5. The molecule has 1 saturated heterocycles. The number of carbonyl (C=O) groups excluding carboxylic acids is 1. The zero-order chi connectivity index (χ0) is 30.3. The molecule has 1 fully saturated rings. The van der Waals surface area contributed by atoms with Crippen LogP contribution in [0.1, 0.15) is 37.1 Å². The summed E-state index contributed by atoms with van der Waals surface area (Å²) in [7, 11) is 0. The summed E-state index contributed by atoms with van der Waals surface area (Å²) >= 11 is -0.167. The Morgan fingerprint density at radius 2 is 1.81 bits per heavy atom. The molecule has 2 aromatic carbocycles. The van der Waals surface area contributed by atoms with Crippen LogP contribution in [0.3, 0.4) is 0 Å². The molecule has 0 saturated carbocycles. The van der Waals surface area contributed by atoms with Crippen LogP contribution in [0.5, 0.6) is 0 Å². The van der Waals surface area contributed by atoms with E-state index >= 15 is 0 Å². The second-order valence-electron chi connectivity index (χ2n) is 11.2. The van der Waals surface area contributed by atoms with E-state index in [0.29, 0.717) is 37.3 Å². The number of rotatable bonds is 7. The molecule has 2 aliphatic rings. The average Bonchev–Trinajstić information content (AvgIpc) is 3.49. The van der Waals surface area contributed by atoms with Gasteiger partial charge >= 0.3 is 11.2 Å². The maximum Gasteiger partial charge on any atom is 0.446 e. The van der Waals surface area contributed by atoms with E-state index in [1.165, 1.54) is 19.1 Å². The lowest BCUT2D eigenvalue weighted by Crippen LogP contribution is -2.42. The summed E-state index contributed by atoms with van der Waals surface area (Å²) in [6, 6.07) is 13.9. The van der Waals surface area contributed by atoms with Crippen molar-refractivity contribution in [3.05, 3.63) is 70.3 Å². The number of β-amino-alcohol motifs (C(OH)–C–C–N with tert-alkyl or cyclic N) is 1. The summed E-state index contributed by atoms with van der Waals surface area (Å²) in [6.45, 7) is 4.59. The van der Waals surface area contributed by atoms with Gasteiger partial charge in [-0.1, -0.05) is 24.3 Å². The number of aromatic amines is 1. The topological polar surface area (TPSA) is 99.4 Å². The number of amides is 1. The molecule has 13 heteroatoms. The molecule has 43 heavy (non-hydrogen) atoms. The first kappa shape index (κ1) is 29.5. The number of likely N-dealkylation sites (tertiary alicyclic amines) is 1. The maximum absolute atomic E-state index is 12.8. The number of benzene rings is 2. The van der Waals surface area contributed by atoms with Crippen molar-refractivity contribution in [3.8, 4) is 11.3 Å². The van der Waals surface area contributed by atoms with Crippen molar-refractivity contribution < 1.29 is 23.1 Å². The summed E-state index contributed by atoms with van der Waals surface area (Å²) in [5, 5.41) is 15.9. The lowest BCUT2D eigenvalue weighted by molar-refractivity contribution is -0.129. The van der Waals surface area contributed by atoms with Crippen molar-refractivity contribution in [2.24, 2.45) is 0 Å². The number of nitrogens with one attached hydrogen (secondary N) is 1. The number of para-hydroxylation sites is 2. The molecule has 0 spiro atoms. The molecular weight excluding hydrogens is 581 g/mol. The molecule has 1 unspecified atom stereocenters. The number of aromatic nitrogens is 4. The number of aliphatic hydroxyl groups is 1. The summed E-state index contributed by atoms with van der Waals surface area (Å²) < 4.78 is 42.1. The molecule has 2 N–H and O–H groups in total. The fraction of sp³-hybridized carbons (Fsp3) is 0.433. The van der Waals surface area contributed by atoms with Gasteiger partial charge in [0.15, 0.2) is 0 Å². The van der Waals surface area contributed by atoms with E-state index in [1.807, 2.05) is 28.8 Å². The molecule has 0 aliphatic carbocycles. The van der Waals surface area contributed by atoms with Gasteiger partial charge in [-0.15, -0.1) is 0 Å². The van der Waals surface area contributed by atoms with E-state index in [1.54, 1.807) is 21.7 Å². The van der Waals surface area contributed by atoms with Crippen molar-refractivity contribution in [2.75, 3.05) is 26.2 Å². The third kappa shape index (κ3) is 6.38. The molecule has 6 rings (SSSR count). The second kappa shape index (κ2) is 11.9. The van der Waals surface area contributed by atoms with Crippen LogP contribution in [0.2, 0.25) is 0 Å². The van der Waals surface area contributed by atoms with Gasteiger partial charge in [0.05, 0.1) is 29.4 Å². The minimum atomic E-state index is -4.37. The van der Waals surface area contributed by atoms with Crippen molar-refractivity contribution in [2.45, 2.75) is 61.8 Å². The fourth-order valence-electron chi connectivity index (χ4n) is 6.31. The fourth-order valence-corrected chi connectivity index (χ4v) is 6.85. The molecule has 9 nitrogen and oxygen atoms in total. The number of H-pyrrole nitrogens is 1. The van der Waals surface area contributed by atoms with Crippen LogP contribution in [0, 0.1) is 0 Å². The number of imidazole rings is 1. The number of aliphatic hydroxyl groups excluding tert-OH is 1. The third-order valence-corrected chi connectivity index (χ3v) is 9.08. The lowest BCUT2D eigenvalue weighted by Gasteiger charge is -2.33. The van der Waals surface area contributed by atoms with Gasteiger partial charge in [-0.3, -0.25) is 14.0 Å². The number of fused-ring (bicyclic) bond motifs is 2. The highest BCUT2D eigenvalue weighted by Gasteiger charge is 2.31. The molecule has 1 amide bonds. The van der Waals surface area contributed by atoms with Gasteiger partial charge in [0, 0.05) is 73.8 Å². The number of piperidine rings is 1. The van der Waals surface area contributed by atoms with Gasteiger partial charge in [0.1, 0.15) is 0 Å². The number of hydrogen-bond donors (Lipinski definition) is 2. The van der Waals surface area contributed by atoms with E-state index in [0.717, 1.165) is 48.2 Å². The largest absolute Gasteiger partial charge is 0.446 e. The van der Waals surface area contributed by atoms with Crippen LogP contribution < -0.4 is 5.69 Å². The van der Waals surface area contributed by atoms with Gasteiger partial charge in [-0.25, -0.2) is 4.79 Å². The van der Waals surface area contributed by atoms with Crippen molar-refractivity contribution >= 4 is 28.7 Å². The number of halogens is 3. The number of carbonyl (C=O) groups is 1. The van der Waals surface area contributed by atoms with Crippen LogP contribution in [0.25, 0.3) is 22.3 Å². The zero-order valence-electron chi connectivity index (χ0n) is 23.7. The Morgan fingerprint density at radius 1 is 1.09 bits per heavy atom. The number of nitrogens with zero attached hydrogens (tertiary/aromatic N) is 5. The Balaban J connectivity index is 1.15. The first-order valence-corrected chi connectivity index (χ1v) is 15.2. The molecule has 0 radical (unpaired) electrons. The van der Waals surface area contributed by atoms with E-state index in [-0.39, 0.29) is 40.8 Å². The molecule has 2 aromatic heterocycles. The number of thioether (sulfide) groups is 1. The number of alkyl halides is 3. The van der Waals surface area contributed by atoms with Crippen molar-refractivity contribution in [3.63, 3.8) is 0 Å². The smallest absolute Gasteiger partial charge is 0.390 e. The summed E-state index contributed by atoms with van der Waals surface area (Å²) in [5.41, 5.74) is 0.322. The summed E-state index contributed by atoms with van der Waals surface area (Å²) in [6.07, 6.45) is 1.45. The minimum Gasteiger partial charge on any atom is -0.390 e. The molecule has 4 aromatic rings. The second-order valence-corrected chi connectivity index (χ2v) is 12.4. The van der Waals surface area contributed by atoms with Crippen LogP contribution in [0.15, 0.2) is 58.2 Å². The Hall–Kier alpha value is -3.55. The minimum absolute atomic E-state index is 0.0559. The standard InChI is InChI=1S/C30H33F3N6O3S/c1-19(40)37-15-12-26-24(18-37)28(20-6-8-23(9-7-20)43-30(31,32)33)35-38(26)17-22(41)16-36-13-10-21(11-14-36)39-27-5-3-2-4-25(27)34-29(39)42/h2-9,21-22,41H,10-18H2,1H3,(H,34,42). The van der Waals surface area contributed by atoms with Crippen LogP contribution in [-0.4, -0.2) is 77.9 Å². The Morgan fingerprint density at radius 3 is 2.51 bits per heavy atom. The van der Waals surface area contributed by atoms with Gasteiger partial charge in [-0.05, 0) is 48.9 Å². The predicted octanol–water partition coefficient (Wildman–Crippen LogP) is 4.41. The van der Waals surface area contributed by atoms with Crippen LogP contribution in [0.4, 0.5) is 13.2 Å². The molecule has 1 atom stereocenters. The summed E-state index contributed by atoms with van der Waals surface area (Å²) in [5.74, 6) is -0.0559. The Labute approximate surface area is 250 Å². The highest BCUT2D eigenvalue weighted by atomic mass is 32.2. The molecule has 0 bridgehead atoms. The summed E-state index contributed by atoms with van der Waals surface area (Å²) in [4.78, 5) is 31.7. The number of hydrogen-bond acceptors (Lipinski definition) is 6. The predicted molar refractivity (Wildman–Crippen MR) is 158 cm³/mol. The highest BCUT2D eigenvalue weighted by molar-refractivity contribution is 8.00. The molecule has 228 valence electrons. The SMILES string of the molecule is CC(=O)N1CCc2c(c(-c3ccc(SC(F)(F)F)cc3)nn2CC(O)CN2CCC(n3c(=O)[nH]c4ccccc43)CC2)C1. The van der Waals surface area contributed by atoms with Gasteiger partial charge in [0.25, 0.3) is 0 Å². The molecular formula is C30H33F3N6O3S. The van der Waals surface area contributed by atoms with Gasteiger partial charge < -0.3 is 19.9 Å². The molecule has 2 aliphatic heterocycles. The van der Waals surface area contributed by atoms with Crippen molar-refractivity contribution in [1.29, 1.82) is 0 Å².